The quantitative estimate of drug-likeness (QED) is 0.740. The monoisotopic (exact) mass is 379 g/mol. The van der Waals surface area contributed by atoms with E-state index >= 15 is 0 Å². The first-order valence-electron chi connectivity index (χ1n) is 7.93. The molecule has 3 aromatic heterocycles. The minimum atomic E-state index is -2.97. The predicted octanol–water partition coefficient (Wildman–Crippen LogP) is 2.92. The lowest BCUT2D eigenvalue weighted by Crippen LogP contribution is -2.20. The third-order valence-corrected chi connectivity index (χ3v) is 5.17. The lowest BCUT2D eigenvalue weighted by molar-refractivity contribution is 0.0167. The molecule has 26 heavy (non-hydrogen) atoms. The molecule has 0 aliphatic carbocycles. The van der Waals surface area contributed by atoms with Crippen LogP contribution in [0.2, 0.25) is 0 Å². The molecule has 0 saturated carbocycles. The van der Waals surface area contributed by atoms with Crippen molar-refractivity contribution in [2.75, 3.05) is 7.05 Å². The minimum Gasteiger partial charge on any atom is -0.387 e. The van der Waals surface area contributed by atoms with Crippen molar-refractivity contribution in [3.05, 3.63) is 56.7 Å². The van der Waals surface area contributed by atoms with Crippen molar-refractivity contribution in [2.45, 2.75) is 33.2 Å². The summed E-state index contributed by atoms with van der Waals surface area (Å²) >= 11 is 1.38. The highest BCUT2D eigenvalue weighted by Crippen LogP contribution is 2.29. The zero-order valence-corrected chi connectivity index (χ0v) is 15.7. The van der Waals surface area contributed by atoms with Crippen LogP contribution in [-0.4, -0.2) is 26.2 Å². The normalized spacial score (nSPS) is 11.9. The van der Waals surface area contributed by atoms with Crippen LogP contribution < -0.4 is 10.9 Å². The number of rotatable bonds is 5. The van der Waals surface area contributed by atoms with Gasteiger partial charge in [-0.1, -0.05) is 6.58 Å². The lowest BCUT2D eigenvalue weighted by Gasteiger charge is -2.10. The largest absolute Gasteiger partial charge is 0.387 e. The summed E-state index contributed by atoms with van der Waals surface area (Å²) in [5.41, 5.74) is 1.77. The molecule has 0 aliphatic heterocycles. The van der Waals surface area contributed by atoms with Gasteiger partial charge in [-0.05, 0) is 13.8 Å². The van der Waals surface area contributed by atoms with E-state index in [0.29, 0.717) is 27.7 Å². The summed E-state index contributed by atoms with van der Waals surface area (Å²) in [6, 6.07) is 1.40. The summed E-state index contributed by atoms with van der Waals surface area (Å²) in [5.74, 6) is -2.97. The van der Waals surface area contributed by atoms with Crippen LogP contribution in [0, 0.1) is 13.8 Å². The number of fused-ring (bicyclic) bond motifs is 1. The maximum atomic E-state index is 13.6. The van der Waals surface area contributed by atoms with Gasteiger partial charge in [-0.2, -0.15) is 5.10 Å². The van der Waals surface area contributed by atoms with Crippen LogP contribution in [-0.2, 0) is 12.5 Å². The molecular formula is C17H19F2N5OS. The molecule has 0 radical (unpaired) electrons. The summed E-state index contributed by atoms with van der Waals surface area (Å²) in [5, 5.41) is 6.96. The number of nitrogens with zero attached hydrogens (tertiary/aromatic N) is 4. The van der Waals surface area contributed by atoms with E-state index in [1.54, 1.807) is 14.0 Å². The number of halogens is 2. The summed E-state index contributed by atoms with van der Waals surface area (Å²) in [6.45, 7) is 8.37. The summed E-state index contributed by atoms with van der Waals surface area (Å²) in [7, 11) is 1.74. The number of aryl methyl sites for hydroxylation is 1. The number of aromatic nitrogens is 4. The van der Waals surface area contributed by atoms with Gasteiger partial charge in [0.2, 0.25) is 0 Å². The van der Waals surface area contributed by atoms with E-state index in [-0.39, 0.29) is 17.7 Å². The minimum absolute atomic E-state index is 0.130. The van der Waals surface area contributed by atoms with Crippen molar-refractivity contribution in [3.63, 3.8) is 0 Å². The average Bonchev–Trinajstić information content (AvgIpc) is 3.06. The molecule has 0 amide bonds. The van der Waals surface area contributed by atoms with Crippen LogP contribution >= 0.6 is 11.3 Å². The van der Waals surface area contributed by atoms with Gasteiger partial charge in [0.1, 0.15) is 0 Å². The van der Waals surface area contributed by atoms with Crippen molar-refractivity contribution in [3.8, 4) is 0 Å². The fourth-order valence-electron chi connectivity index (χ4n) is 2.86. The molecule has 0 atom stereocenters. The number of hydrogen-bond donors (Lipinski definition) is 1. The Labute approximate surface area is 152 Å². The Balaban J connectivity index is 2.05. The Hall–Kier alpha value is -2.55. The molecule has 0 spiro atoms. The third kappa shape index (κ3) is 3.03. The first-order valence-corrected chi connectivity index (χ1v) is 8.75. The second-order valence-electron chi connectivity index (χ2n) is 6.13. The molecule has 3 rings (SSSR count). The molecule has 0 fully saturated rings. The van der Waals surface area contributed by atoms with Gasteiger partial charge in [-0.3, -0.25) is 9.48 Å². The van der Waals surface area contributed by atoms with Crippen LogP contribution in [0.25, 0.3) is 10.7 Å². The van der Waals surface area contributed by atoms with Crippen molar-refractivity contribution < 1.29 is 8.78 Å². The summed E-state index contributed by atoms with van der Waals surface area (Å²) < 4.78 is 30.1. The average molecular weight is 379 g/mol. The molecule has 6 nitrogen and oxygen atoms in total. The van der Waals surface area contributed by atoms with E-state index in [9.17, 15) is 13.6 Å². The van der Waals surface area contributed by atoms with Gasteiger partial charge in [0.25, 0.3) is 11.5 Å². The molecule has 0 saturated heterocycles. The molecule has 0 aromatic carbocycles. The highest BCUT2D eigenvalue weighted by Gasteiger charge is 2.29. The van der Waals surface area contributed by atoms with Gasteiger partial charge in [0.15, 0.2) is 4.96 Å². The third-order valence-electron chi connectivity index (χ3n) is 4.22. The van der Waals surface area contributed by atoms with Crippen LogP contribution in [0.15, 0.2) is 23.6 Å². The molecule has 0 aliphatic rings. The fraction of sp³-hybridized carbons (Fsp3) is 0.353. The predicted molar refractivity (Wildman–Crippen MR) is 97.8 cm³/mol. The van der Waals surface area contributed by atoms with Crippen LogP contribution in [0.3, 0.4) is 0 Å². The maximum Gasteiger partial charge on any atom is 0.273 e. The number of alkyl halides is 2. The smallest absolute Gasteiger partial charge is 0.273 e. The Morgan fingerprint density at radius 3 is 2.69 bits per heavy atom. The van der Waals surface area contributed by atoms with Gasteiger partial charge >= 0.3 is 0 Å². The van der Waals surface area contributed by atoms with Crippen molar-refractivity contribution in [2.24, 2.45) is 0 Å². The molecule has 0 unspecified atom stereocenters. The van der Waals surface area contributed by atoms with Crippen LogP contribution in [0.4, 0.5) is 8.78 Å². The second kappa shape index (κ2) is 6.31. The Bertz CT molecular complexity index is 1060. The van der Waals surface area contributed by atoms with E-state index in [2.05, 4.69) is 22.0 Å². The standard InChI is InChI=1S/C17H19F2N5OS/c1-9(20-5)15-11(3)26-16-22-12(6-14(25)24(15)16)8-23-10(2)13(7-21-23)17(4,18)19/h6-7,20H,1,8H2,2-5H3. The molecule has 3 aromatic rings. The van der Waals surface area contributed by atoms with Crippen molar-refractivity contribution in [1.29, 1.82) is 0 Å². The van der Waals surface area contributed by atoms with Gasteiger partial charge < -0.3 is 5.32 Å². The maximum absolute atomic E-state index is 13.6. The van der Waals surface area contributed by atoms with E-state index in [0.717, 1.165) is 18.0 Å². The fourth-order valence-corrected chi connectivity index (χ4v) is 3.88. The van der Waals surface area contributed by atoms with E-state index in [1.165, 1.54) is 26.5 Å². The molecule has 138 valence electrons. The van der Waals surface area contributed by atoms with E-state index < -0.39 is 5.92 Å². The lowest BCUT2D eigenvalue weighted by atomic mass is 10.1. The number of hydrogen-bond acceptors (Lipinski definition) is 5. The zero-order valence-electron chi connectivity index (χ0n) is 14.9. The number of nitrogens with one attached hydrogen (secondary N) is 1. The van der Waals surface area contributed by atoms with Crippen molar-refractivity contribution in [1.82, 2.24) is 24.5 Å². The molecule has 3 heterocycles. The van der Waals surface area contributed by atoms with Gasteiger partial charge in [-0.25, -0.2) is 18.2 Å². The van der Waals surface area contributed by atoms with Crippen LogP contribution in [0.1, 0.15) is 34.4 Å². The second-order valence-corrected chi connectivity index (χ2v) is 7.31. The Morgan fingerprint density at radius 2 is 2.12 bits per heavy atom. The Kier molecular flexibility index (Phi) is 4.43. The molecule has 0 bridgehead atoms. The highest BCUT2D eigenvalue weighted by molar-refractivity contribution is 7.17. The zero-order chi connectivity index (χ0) is 19.2. The molecule has 9 heteroatoms. The number of thiazole rings is 1. The van der Waals surface area contributed by atoms with Gasteiger partial charge in [0.05, 0.1) is 35.4 Å². The van der Waals surface area contributed by atoms with Gasteiger partial charge in [-0.15, -0.1) is 11.3 Å². The highest BCUT2D eigenvalue weighted by atomic mass is 32.1. The first kappa shape index (κ1) is 18.2. The topological polar surface area (TPSA) is 64.2 Å². The summed E-state index contributed by atoms with van der Waals surface area (Å²) in [4.78, 5) is 18.6. The van der Waals surface area contributed by atoms with E-state index in [1.807, 2.05) is 6.92 Å². The van der Waals surface area contributed by atoms with Gasteiger partial charge in [0, 0.05) is 30.6 Å². The molecular weight excluding hydrogens is 360 g/mol. The SMILES string of the molecule is C=C(NC)c1c(C)sc2nc(Cn3ncc(C(C)(F)F)c3C)cc(=O)n12. The first-order chi connectivity index (χ1) is 12.1. The Morgan fingerprint density at radius 1 is 1.42 bits per heavy atom. The van der Waals surface area contributed by atoms with E-state index in [4.69, 9.17) is 0 Å². The van der Waals surface area contributed by atoms with Crippen molar-refractivity contribution >= 4 is 22.0 Å². The molecule has 1 N–H and O–H groups in total. The van der Waals surface area contributed by atoms with Crippen LogP contribution in [0.5, 0.6) is 0 Å². The summed E-state index contributed by atoms with van der Waals surface area (Å²) in [6.07, 6.45) is 1.16.